The van der Waals surface area contributed by atoms with Crippen LogP contribution >= 0.6 is 11.3 Å². The molecule has 0 radical (unpaired) electrons. The molecular formula is C38H58N4O6S. The number of carbonyl (C=O) groups is 4. The third-order valence-electron chi connectivity index (χ3n) is 9.35. The zero-order valence-corrected chi connectivity index (χ0v) is 30.9. The lowest BCUT2D eigenvalue weighted by atomic mass is 9.85. The van der Waals surface area contributed by atoms with Gasteiger partial charge in [0.2, 0.25) is 17.7 Å². The highest BCUT2D eigenvalue weighted by atomic mass is 32.1. The van der Waals surface area contributed by atoms with Gasteiger partial charge in [-0.15, -0.1) is 11.3 Å². The Morgan fingerprint density at radius 2 is 1.45 bits per heavy atom. The van der Waals surface area contributed by atoms with Crippen molar-refractivity contribution in [2.24, 2.45) is 5.41 Å². The summed E-state index contributed by atoms with van der Waals surface area (Å²) in [5.74, 6) is -1.57. The minimum atomic E-state index is -0.831. The average molecular weight is 699 g/mol. The van der Waals surface area contributed by atoms with Crippen LogP contribution in [-0.4, -0.2) is 68.5 Å². The van der Waals surface area contributed by atoms with Gasteiger partial charge in [-0.1, -0.05) is 103 Å². The second kappa shape index (κ2) is 19.8. The number of rotatable bonds is 20. The van der Waals surface area contributed by atoms with Gasteiger partial charge in [-0.25, -0.2) is 4.98 Å². The second-order valence-electron chi connectivity index (χ2n) is 14.7. The van der Waals surface area contributed by atoms with Crippen LogP contribution in [0.2, 0.25) is 0 Å². The molecule has 0 spiro atoms. The molecule has 11 heteroatoms. The first-order valence-electron chi connectivity index (χ1n) is 18.1. The number of carbonyl (C=O) groups excluding carboxylic acids is 3. The van der Waals surface area contributed by atoms with Crippen LogP contribution in [0.1, 0.15) is 135 Å². The minimum Gasteiger partial charge on any atom is -0.481 e. The molecule has 1 saturated heterocycles. The summed E-state index contributed by atoms with van der Waals surface area (Å²) in [5, 5.41) is 25.2. The molecule has 1 aliphatic rings. The molecule has 2 unspecified atom stereocenters. The Labute approximate surface area is 296 Å². The fourth-order valence-electron chi connectivity index (χ4n) is 6.40. The Morgan fingerprint density at radius 1 is 0.898 bits per heavy atom. The summed E-state index contributed by atoms with van der Waals surface area (Å²) in [6.45, 7) is 9.61. The molecule has 1 fully saturated rings. The smallest absolute Gasteiger partial charge is 0.303 e. The van der Waals surface area contributed by atoms with Crippen LogP contribution in [0.15, 0.2) is 29.8 Å². The van der Waals surface area contributed by atoms with Gasteiger partial charge in [-0.3, -0.25) is 19.2 Å². The summed E-state index contributed by atoms with van der Waals surface area (Å²) in [4.78, 5) is 57.9. The number of carboxylic acids is 1. The maximum atomic E-state index is 13.9. The maximum absolute atomic E-state index is 13.9. The molecular weight excluding hydrogens is 641 g/mol. The number of aromatic nitrogens is 1. The van der Waals surface area contributed by atoms with Crippen LogP contribution in [0.5, 0.6) is 0 Å². The van der Waals surface area contributed by atoms with Crippen LogP contribution in [-0.2, 0) is 19.2 Å². The topological polar surface area (TPSA) is 149 Å². The second-order valence-corrected chi connectivity index (χ2v) is 15.5. The quantitative estimate of drug-likeness (QED) is 0.109. The first-order valence-corrected chi connectivity index (χ1v) is 19.0. The molecule has 0 bridgehead atoms. The summed E-state index contributed by atoms with van der Waals surface area (Å²) < 4.78 is 0. The average Bonchev–Trinajstić information content (AvgIpc) is 3.66. The number of hydrogen-bond acceptors (Lipinski definition) is 7. The predicted molar refractivity (Wildman–Crippen MR) is 194 cm³/mol. The van der Waals surface area contributed by atoms with Gasteiger partial charge < -0.3 is 25.7 Å². The number of aliphatic hydroxyl groups excluding tert-OH is 1. The van der Waals surface area contributed by atoms with E-state index < -0.39 is 29.6 Å². The van der Waals surface area contributed by atoms with Crippen LogP contribution in [0.3, 0.4) is 0 Å². The molecule has 0 saturated carbocycles. The molecule has 3 rings (SSSR count). The Bertz CT molecular complexity index is 1350. The summed E-state index contributed by atoms with van der Waals surface area (Å²) in [6.07, 6.45) is 11.3. The number of nitrogens with zero attached hydrogens (tertiary/aromatic N) is 2. The number of thiazole rings is 1. The molecule has 1 aromatic carbocycles. The molecule has 2 aromatic rings. The highest BCUT2D eigenvalue weighted by Gasteiger charge is 2.44. The van der Waals surface area contributed by atoms with Crippen molar-refractivity contribution in [2.75, 3.05) is 6.54 Å². The first kappa shape index (κ1) is 40.1. The SMILES string of the molecule is Cc1ncsc1-c1ccc(C(C)NC(=O)[C@@H]2C[C@@H](O)CN2C(=O)C(NC(=O)CCCCCCCCCCCCCC(=O)O)C(C)(C)C)cc1. The fraction of sp³-hybridized carbons (Fsp3) is 0.658. The van der Waals surface area contributed by atoms with E-state index in [1.54, 1.807) is 11.3 Å². The van der Waals surface area contributed by atoms with E-state index in [0.717, 1.165) is 79.5 Å². The lowest BCUT2D eigenvalue weighted by molar-refractivity contribution is -0.144. The van der Waals surface area contributed by atoms with E-state index in [9.17, 15) is 24.3 Å². The van der Waals surface area contributed by atoms with Gasteiger partial charge in [-0.2, -0.15) is 0 Å². The Hall–Kier alpha value is -3.31. The zero-order chi connectivity index (χ0) is 36.0. The molecule has 3 amide bonds. The number of aryl methyl sites for hydroxylation is 1. The molecule has 4 atom stereocenters. The molecule has 0 aliphatic carbocycles. The molecule has 4 N–H and O–H groups in total. The van der Waals surface area contributed by atoms with E-state index in [1.165, 1.54) is 17.7 Å². The number of aliphatic carboxylic acids is 1. The third-order valence-corrected chi connectivity index (χ3v) is 10.3. The standard InChI is InChI=1S/C38H58N4O6S/c1-26(28-19-21-29(22-20-28)34-27(2)39-25-49-34)40-36(47)31-23-30(43)24-42(31)37(48)35(38(3,4)5)41-32(44)17-15-13-11-9-7-6-8-10-12-14-16-18-33(45)46/h19-22,25-26,30-31,35,43H,6-18,23-24H2,1-5H3,(H,40,47)(H,41,44)(H,45,46)/t26?,30-,31+,35?/m1/s1. The molecule has 49 heavy (non-hydrogen) atoms. The molecule has 10 nitrogen and oxygen atoms in total. The highest BCUT2D eigenvalue weighted by Crippen LogP contribution is 2.29. The van der Waals surface area contributed by atoms with Gasteiger partial charge in [0.1, 0.15) is 12.1 Å². The van der Waals surface area contributed by atoms with E-state index in [4.69, 9.17) is 5.11 Å². The zero-order valence-electron chi connectivity index (χ0n) is 30.1. The first-order chi connectivity index (χ1) is 23.3. The number of β-amino-alcohol motifs (C(OH)–C–C–N with tert-alkyl or cyclic N) is 1. The molecule has 2 heterocycles. The number of hydrogen-bond donors (Lipinski definition) is 4. The van der Waals surface area contributed by atoms with Crippen LogP contribution in [0.25, 0.3) is 10.4 Å². The number of aliphatic hydroxyl groups is 1. The number of carboxylic acid groups (broad SMARTS) is 1. The normalized spacial score (nSPS) is 17.5. The maximum Gasteiger partial charge on any atom is 0.303 e. The summed E-state index contributed by atoms with van der Waals surface area (Å²) >= 11 is 1.59. The molecule has 1 aliphatic heterocycles. The van der Waals surface area contributed by atoms with Gasteiger partial charge in [0, 0.05) is 25.8 Å². The summed E-state index contributed by atoms with van der Waals surface area (Å²) in [6, 6.07) is 6.03. The van der Waals surface area contributed by atoms with Crippen molar-refractivity contribution in [1.29, 1.82) is 0 Å². The van der Waals surface area contributed by atoms with Gasteiger partial charge >= 0.3 is 5.97 Å². The number of amides is 3. The van der Waals surface area contributed by atoms with E-state index in [1.807, 2.05) is 64.4 Å². The Kier molecular flexibility index (Phi) is 16.2. The minimum absolute atomic E-state index is 0.0430. The molecule has 1 aromatic heterocycles. The lowest BCUT2D eigenvalue weighted by Crippen LogP contribution is -2.57. The summed E-state index contributed by atoms with van der Waals surface area (Å²) in [5.41, 5.74) is 4.21. The van der Waals surface area contributed by atoms with E-state index in [0.29, 0.717) is 6.42 Å². The molecule has 272 valence electrons. The summed E-state index contributed by atoms with van der Waals surface area (Å²) in [7, 11) is 0. The van der Waals surface area contributed by atoms with Gasteiger partial charge in [0.25, 0.3) is 0 Å². The van der Waals surface area contributed by atoms with E-state index in [-0.39, 0.29) is 43.1 Å². The van der Waals surface area contributed by atoms with Crippen LogP contribution in [0, 0.1) is 12.3 Å². The number of unbranched alkanes of at least 4 members (excludes halogenated alkanes) is 10. The van der Waals surface area contributed by atoms with Crippen molar-refractivity contribution < 1.29 is 29.4 Å². The Balaban J connectivity index is 1.44. The van der Waals surface area contributed by atoms with E-state index in [2.05, 4.69) is 15.6 Å². The van der Waals surface area contributed by atoms with Crippen molar-refractivity contribution in [3.05, 3.63) is 41.0 Å². The Morgan fingerprint density at radius 3 is 1.96 bits per heavy atom. The van der Waals surface area contributed by atoms with Gasteiger partial charge in [-0.05, 0) is 43.2 Å². The van der Waals surface area contributed by atoms with Crippen molar-refractivity contribution in [3.63, 3.8) is 0 Å². The van der Waals surface area contributed by atoms with Gasteiger partial charge in [0.15, 0.2) is 0 Å². The number of likely N-dealkylation sites (tertiary alicyclic amines) is 1. The largest absolute Gasteiger partial charge is 0.481 e. The van der Waals surface area contributed by atoms with Gasteiger partial charge in [0.05, 0.1) is 28.2 Å². The van der Waals surface area contributed by atoms with E-state index >= 15 is 0 Å². The van der Waals surface area contributed by atoms with Crippen molar-refractivity contribution in [2.45, 2.75) is 149 Å². The van der Waals surface area contributed by atoms with Crippen LogP contribution < -0.4 is 10.6 Å². The number of benzene rings is 1. The number of nitrogens with one attached hydrogen (secondary N) is 2. The lowest BCUT2D eigenvalue weighted by Gasteiger charge is -2.35. The van der Waals surface area contributed by atoms with Crippen molar-refractivity contribution >= 4 is 35.0 Å². The van der Waals surface area contributed by atoms with Crippen LogP contribution in [0.4, 0.5) is 0 Å². The van der Waals surface area contributed by atoms with Crippen molar-refractivity contribution in [1.82, 2.24) is 20.5 Å². The van der Waals surface area contributed by atoms with Crippen molar-refractivity contribution in [3.8, 4) is 10.4 Å². The predicted octanol–water partition coefficient (Wildman–Crippen LogP) is 6.94. The monoisotopic (exact) mass is 698 g/mol. The fourth-order valence-corrected chi connectivity index (χ4v) is 7.21. The third kappa shape index (κ3) is 13.2. The highest BCUT2D eigenvalue weighted by molar-refractivity contribution is 7.13.